The van der Waals surface area contributed by atoms with E-state index in [0.717, 1.165) is 11.4 Å². The standard InChI is InChI=1S/C23H23NO2/c1-23(2,3)18-12-14-19(15-13-18)24-22(25)17-8-7-11-21(16-17)26-20-9-5-4-6-10-20/h4-16H,1-3H3,(H,24,25). The van der Waals surface area contributed by atoms with Gasteiger partial charge in [0.25, 0.3) is 5.91 Å². The number of rotatable bonds is 4. The molecule has 0 fully saturated rings. The minimum atomic E-state index is -0.160. The largest absolute Gasteiger partial charge is 0.457 e. The van der Waals surface area contributed by atoms with Crippen LogP contribution in [0.1, 0.15) is 36.7 Å². The van der Waals surface area contributed by atoms with E-state index >= 15 is 0 Å². The number of carbonyl (C=O) groups is 1. The van der Waals surface area contributed by atoms with E-state index in [4.69, 9.17) is 4.74 Å². The van der Waals surface area contributed by atoms with Crippen LogP contribution in [0.5, 0.6) is 11.5 Å². The molecule has 26 heavy (non-hydrogen) atoms. The van der Waals surface area contributed by atoms with Crippen LogP contribution in [-0.2, 0) is 5.41 Å². The zero-order valence-corrected chi connectivity index (χ0v) is 15.3. The summed E-state index contributed by atoms with van der Waals surface area (Å²) in [7, 11) is 0. The molecule has 3 rings (SSSR count). The van der Waals surface area contributed by atoms with E-state index in [2.05, 4.69) is 26.1 Å². The van der Waals surface area contributed by atoms with Crippen molar-refractivity contribution in [3.8, 4) is 11.5 Å². The van der Waals surface area contributed by atoms with Gasteiger partial charge in [0, 0.05) is 11.3 Å². The minimum absolute atomic E-state index is 0.0889. The van der Waals surface area contributed by atoms with E-state index in [1.807, 2.05) is 66.7 Å². The van der Waals surface area contributed by atoms with Crippen LogP contribution in [0.25, 0.3) is 0 Å². The first-order chi connectivity index (χ1) is 12.4. The number of hydrogen-bond acceptors (Lipinski definition) is 2. The summed E-state index contributed by atoms with van der Waals surface area (Å²) in [5.41, 5.74) is 2.65. The van der Waals surface area contributed by atoms with Gasteiger partial charge in [-0.3, -0.25) is 4.79 Å². The van der Waals surface area contributed by atoms with Crippen molar-refractivity contribution in [3.63, 3.8) is 0 Å². The Morgan fingerprint density at radius 3 is 2.12 bits per heavy atom. The van der Waals surface area contributed by atoms with E-state index in [0.29, 0.717) is 11.3 Å². The number of para-hydroxylation sites is 1. The second-order valence-corrected chi connectivity index (χ2v) is 7.22. The van der Waals surface area contributed by atoms with E-state index in [-0.39, 0.29) is 11.3 Å². The number of anilines is 1. The summed E-state index contributed by atoms with van der Waals surface area (Å²) in [5, 5.41) is 2.93. The molecule has 0 bridgehead atoms. The van der Waals surface area contributed by atoms with Gasteiger partial charge in [-0.25, -0.2) is 0 Å². The summed E-state index contributed by atoms with van der Waals surface area (Å²) in [4.78, 5) is 12.5. The summed E-state index contributed by atoms with van der Waals surface area (Å²) in [6, 6.07) is 24.6. The van der Waals surface area contributed by atoms with Crippen molar-refractivity contribution in [2.75, 3.05) is 5.32 Å². The Morgan fingerprint density at radius 2 is 1.46 bits per heavy atom. The lowest BCUT2D eigenvalue weighted by molar-refractivity contribution is 0.102. The zero-order chi connectivity index (χ0) is 18.6. The fraction of sp³-hybridized carbons (Fsp3) is 0.174. The highest BCUT2D eigenvalue weighted by molar-refractivity contribution is 6.04. The second-order valence-electron chi connectivity index (χ2n) is 7.22. The van der Waals surface area contributed by atoms with Crippen molar-refractivity contribution in [2.45, 2.75) is 26.2 Å². The molecule has 0 aliphatic heterocycles. The molecule has 1 amide bonds. The van der Waals surface area contributed by atoms with Gasteiger partial charge in [-0.15, -0.1) is 0 Å². The maximum atomic E-state index is 12.5. The molecule has 0 saturated carbocycles. The number of nitrogens with one attached hydrogen (secondary N) is 1. The quantitative estimate of drug-likeness (QED) is 0.627. The molecule has 0 saturated heterocycles. The molecule has 0 radical (unpaired) electrons. The summed E-state index contributed by atoms with van der Waals surface area (Å²) < 4.78 is 5.79. The summed E-state index contributed by atoms with van der Waals surface area (Å²) >= 11 is 0. The number of ether oxygens (including phenoxy) is 1. The van der Waals surface area contributed by atoms with Crippen molar-refractivity contribution < 1.29 is 9.53 Å². The molecule has 3 aromatic rings. The van der Waals surface area contributed by atoms with Crippen molar-refractivity contribution in [1.29, 1.82) is 0 Å². The average Bonchev–Trinajstić information content (AvgIpc) is 2.62. The predicted octanol–water partition coefficient (Wildman–Crippen LogP) is 6.03. The lowest BCUT2D eigenvalue weighted by Crippen LogP contribution is -2.13. The zero-order valence-electron chi connectivity index (χ0n) is 15.3. The van der Waals surface area contributed by atoms with Gasteiger partial charge >= 0.3 is 0 Å². The molecule has 0 spiro atoms. The van der Waals surface area contributed by atoms with Crippen LogP contribution in [0.15, 0.2) is 78.9 Å². The van der Waals surface area contributed by atoms with E-state index in [1.54, 1.807) is 12.1 Å². The van der Waals surface area contributed by atoms with Gasteiger partial charge in [0.05, 0.1) is 0 Å². The van der Waals surface area contributed by atoms with Crippen molar-refractivity contribution >= 4 is 11.6 Å². The molecule has 0 atom stereocenters. The van der Waals surface area contributed by atoms with Crippen LogP contribution in [-0.4, -0.2) is 5.91 Å². The van der Waals surface area contributed by atoms with Crippen LogP contribution in [0.4, 0.5) is 5.69 Å². The third-order valence-electron chi connectivity index (χ3n) is 4.08. The molecule has 3 nitrogen and oxygen atoms in total. The number of hydrogen-bond donors (Lipinski definition) is 1. The molecule has 132 valence electrons. The first kappa shape index (κ1) is 17.7. The average molecular weight is 345 g/mol. The lowest BCUT2D eigenvalue weighted by Gasteiger charge is -2.19. The van der Waals surface area contributed by atoms with Crippen LogP contribution in [0.2, 0.25) is 0 Å². The van der Waals surface area contributed by atoms with Crippen molar-refractivity contribution in [2.24, 2.45) is 0 Å². The predicted molar refractivity (Wildman–Crippen MR) is 106 cm³/mol. The Bertz CT molecular complexity index is 878. The molecule has 3 aromatic carbocycles. The summed E-state index contributed by atoms with van der Waals surface area (Å²) in [6.07, 6.45) is 0. The van der Waals surface area contributed by atoms with Crippen molar-refractivity contribution in [1.82, 2.24) is 0 Å². The van der Waals surface area contributed by atoms with E-state index in [9.17, 15) is 4.79 Å². The third-order valence-corrected chi connectivity index (χ3v) is 4.08. The highest BCUT2D eigenvalue weighted by atomic mass is 16.5. The summed E-state index contributed by atoms with van der Waals surface area (Å²) in [6.45, 7) is 6.50. The highest BCUT2D eigenvalue weighted by Gasteiger charge is 2.13. The molecular weight excluding hydrogens is 322 g/mol. The Kier molecular flexibility index (Phi) is 5.08. The van der Waals surface area contributed by atoms with Crippen LogP contribution < -0.4 is 10.1 Å². The van der Waals surface area contributed by atoms with Crippen LogP contribution in [0, 0.1) is 0 Å². The Morgan fingerprint density at radius 1 is 0.808 bits per heavy atom. The Hall–Kier alpha value is -3.07. The fourth-order valence-corrected chi connectivity index (χ4v) is 2.58. The molecular formula is C23H23NO2. The molecule has 3 heteroatoms. The Labute approximate surface area is 154 Å². The Balaban J connectivity index is 1.71. The molecule has 1 N–H and O–H groups in total. The van der Waals surface area contributed by atoms with Gasteiger partial charge < -0.3 is 10.1 Å². The molecule has 0 aromatic heterocycles. The number of benzene rings is 3. The molecule has 0 aliphatic carbocycles. The van der Waals surface area contributed by atoms with Crippen LogP contribution >= 0.6 is 0 Å². The highest BCUT2D eigenvalue weighted by Crippen LogP contribution is 2.25. The van der Waals surface area contributed by atoms with Gasteiger partial charge in [-0.2, -0.15) is 0 Å². The SMILES string of the molecule is CC(C)(C)c1ccc(NC(=O)c2cccc(Oc3ccccc3)c2)cc1. The fourth-order valence-electron chi connectivity index (χ4n) is 2.58. The molecule has 0 aliphatic rings. The van der Waals surface area contributed by atoms with Crippen molar-refractivity contribution in [3.05, 3.63) is 90.0 Å². The molecule has 0 unspecified atom stereocenters. The topological polar surface area (TPSA) is 38.3 Å². The second kappa shape index (κ2) is 7.44. The van der Waals surface area contributed by atoms with Gasteiger partial charge in [-0.05, 0) is 53.4 Å². The number of amides is 1. The monoisotopic (exact) mass is 345 g/mol. The maximum absolute atomic E-state index is 12.5. The van der Waals surface area contributed by atoms with Gasteiger partial charge in [0.1, 0.15) is 11.5 Å². The summed E-state index contributed by atoms with van der Waals surface area (Å²) in [5.74, 6) is 1.21. The third kappa shape index (κ3) is 4.51. The van der Waals surface area contributed by atoms with Gasteiger partial charge in [-0.1, -0.05) is 57.2 Å². The first-order valence-corrected chi connectivity index (χ1v) is 8.67. The maximum Gasteiger partial charge on any atom is 0.255 e. The minimum Gasteiger partial charge on any atom is -0.457 e. The normalized spacial score (nSPS) is 11.0. The molecule has 0 heterocycles. The number of carbonyl (C=O) groups excluding carboxylic acids is 1. The lowest BCUT2D eigenvalue weighted by atomic mass is 9.87. The van der Waals surface area contributed by atoms with E-state index in [1.165, 1.54) is 5.56 Å². The van der Waals surface area contributed by atoms with E-state index < -0.39 is 0 Å². The van der Waals surface area contributed by atoms with Crippen LogP contribution in [0.3, 0.4) is 0 Å². The first-order valence-electron chi connectivity index (χ1n) is 8.67. The van der Waals surface area contributed by atoms with Gasteiger partial charge in [0.15, 0.2) is 0 Å². The smallest absolute Gasteiger partial charge is 0.255 e. The van der Waals surface area contributed by atoms with Gasteiger partial charge in [0.2, 0.25) is 0 Å².